The first-order valence-electron chi connectivity index (χ1n) is 9.33. The van der Waals surface area contributed by atoms with Gasteiger partial charge in [0.1, 0.15) is 12.1 Å². The molecule has 0 bridgehead atoms. The van der Waals surface area contributed by atoms with Gasteiger partial charge in [0.05, 0.1) is 0 Å². The molecular weight excluding hydrogens is 306 g/mol. The summed E-state index contributed by atoms with van der Waals surface area (Å²) in [6, 6.07) is -0.141. The molecule has 0 aromatic rings. The highest BCUT2D eigenvalue weighted by Crippen LogP contribution is 2.39. The van der Waals surface area contributed by atoms with Crippen LogP contribution in [0.15, 0.2) is 0 Å². The van der Waals surface area contributed by atoms with Gasteiger partial charge in [0.15, 0.2) is 0 Å². The summed E-state index contributed by atoms with van der Waals surface area (Å²) in [5, 5.41) is 3.01. The zero-order valence-corrected chi connectivity index (χ0v) is 14.8. The minimum Gasteiger partial charge on any atom is -0.352 e. The number of rotatable bonds is 3. The van der Waals surface area contributed by atoms with Crippen molar-refractivity contribution in [1.82, 2.24) is 15.1 Å². The maximum absolute atomic E-state index is 12.9. The largest absolute Gasteiger partial charge is 0.352 e. The van der Waals surface area contributed by atoms with Crippen molar-refractivity contribution in [3.63, 3.8) is 0 Å². The zero-order chi connectivity index (χ0) is 17.3. The Morgan fingerprint density at radius 2 is 1.75 bits per heavy atom. The van der Waals surface area contributed by atoms with E-state index in [1.54, 1.807) is 11.9 Å². The molecule has 3 rings (SSSR count). The lowest BCUT2D eigenvalue weighted by atomic mass is 9.81. The average molecular weight is 335 g/mol. The van der Waals surface area contributed by atoms with Gasteiger partial charge in [-0.25, -0.2) is 4.79 Å². The van der Waals surface area contributed by atoms with E-state index in [1.807, 2.05) is 0 Å². The third kappa shape index (κ3) is 3.03. The van der Waals surface area contributed by atoms with E-state index in [0.717, 1.165) is 55.8 Å². The van der Waals surface area contributed by atoms with Crippen LogP contribution in [0.5, 0.6) is 0 Å². The average Bonchev–Trinajstić information content (AvgIpc) is 2.74. The second-order valence-electron chi connectivity index (χ2n) is 7.85. The molecule has 1 heterocycles. The van der Waals surface area contributed by atoms with E-state index in [4.69, 9.17) is 0 Å². The third-order valence-corrected chi connectivity index (χ3v) is 6.17. The topological polar surface area (TPSA) is 69.7 Å². The minimum atomic E-state index is -0.699. The summed E-state index contributed by atoms with van der Waals surface area (Å²) >= 11 is 0. The van der Waals surface area contributed by atoms with Crippen molar-refractivity contribution in [3.8, 4) is 0 Å². The maximum Gasteiger partial charge on any atom is 0.327 e. The van der Waals surface area contributed by atoms with Crippen LogP contribution in [0, 0.1) is 5.92 Å². The molecule has 0 unspecified atom stereocenters. The number of carbonyl (C=O) groups is 3. The van der Waals surface area contributed by atoms with Crippen molar-refractivity contribution >= 4 is 17.8 Å². The lowest BCUT2D eigenvalue weighted by Gasteiger charge is -2.35. The standard InChI is InChI=1S/C18H29N3O3/c1-13-6-8-14(9-7-13)19-15(22)12-21-16(23)18(20(2)17(21)24)10-4-3-5-11-18/h13-14H,3-12H2,1-2H3,(H,19,22). The Bertz CT molecular complexity index is 520. The van der Waals surface area contributed by atoms with Crippen LogP contribution in [0.4, 0.5) is 4.79 Å². The number of urea groups is 1. The molecule has 134 valence electrons. The minimum absolute atomic E-state index is 0.143. The van der Waals surface area contributed by atoms with Gasteiger partial charge in [-0.05, 0) is 44.4 Å². The number of nitrogens with zero attached hydrogens (tertiary/aromatic N) is 2. The van der Waals surface area contributed by atoms with E-state index in [0.29, 0.717) is 12.8 Å². The van der Waals surface area contributed by atoms with Gasteiger partial charge in [-0.15, -0.1) is 0 Å². The first kappa shape index (κ1) is 17.2. The molecule has 3 fully saturated rings. The van der Waals surface area contributed by atoms with Crippen molar-refractivity contribution in [2.75, 3.05) is 13.6 Å². The molecule has 1 saturated heterocycles. The van der Waals surface area contributed by atoms with Gasteiger partial charge in [-0.2, -0.15) is 0 Å². The number of imide groups is 1. The predicted octanol–water partition coefficient (Wildman–Crippen LogP) is 2.28. The third-order valence-electron chi connectivity index (χ3n) is 6.17. The van der Waals surface area contributed by atoms with Crippen LogP contribution in [0.2, 0.25) is 0 Å². The highest BCUT2D eigenvalue weighted by Gasteiger charge is 2.55. The highest BCUT2D eigenvalue weighted by atomic mass is 16.2. The van der Waals surface area contributed by atoms with Crippen LogP contribution < -0.4 is 5.32 Å². The van der Waals surface area contributed by atoms with Crippen LogP contribution in [0.3, 0.4) is 0 Å². The van der Waals surface area contributed by atoms with Gasteiger partial charge < -0.3 is 10.2 Å². The predicted molar refractivity (Wildman–Crippen MR) is 90.3 cm³/mol. The fourth-order valence-corrected chi connectivity index (χ4v) is 4.49. The normalized spacial score (nSPS) is 30.1. The molecule has 0 atom stereocenters. The first-order valence-corrected chi connectivity index (χ1v) is 9.33. The Hall–Kier alpha value is -1.59. The molecule has 0 radical (unpaired) electrons. The second-order valence-corrected chi connectivity index (χ2v) is 7.85. The summed E-state index contributed by atoms with van der Waals surface area (Å²) in [6.07, 6.45) is 8.68. The lowest BCUT2D eigenvalue weighted by Crippen LogP contribution is -2.50. The Morgan fingerprint density at radius 1 is 1.12 bits per heavy atom. The van der Waals surface area contributed by atoms with Crippen LogP contribution in [-0.4, -0.2) is 52.8 Å². The lowest BCUT2D eigenvalue weighted by molar-refractivity contribution is -0.137. The second kappa shape index (κ2) is 6.73. The van der Waals surface area contributed by atoms with E-state index in [2.05, 4.69) is 12.2 Å². The molecule has 3 aliphatic rings. The van der Waals surface area contributed by atoms with Crippen molar-refractivity contribution in [2.24, 2.45) is 5.92 Å². The molecule has 1 aliphatic heterocycles. The molecule has 2 saturated carbocycles. The Morgan fingerprint density at radius 3 is 2.38 bits per heavy atom. The summed E-state index contributed by atoms with van der Waals surface area (Å²) in [7, 11) is 1.70. The van der Waals surface area contributed by atoms with Gasteiger partial charge in [0, 0.05) is 13.1 Å². The number of hydrogen-bond donors (Lipinski definition) is 1. The SMILES string of the molecule is CC1CCC(NC(=O)CN2C(=O)N(C)C3(CCCCC3)C2=O)CC1. The fourth-order valence-electron chi connectivity index (χ4n) is 4.49. The maximum atomic E-state index is 12.9. The Labute approximate surface area is 143 Å². The smallest absolute Gasteiger partial charge is 0.327 e. The molecule has 1 spiro atoms. The van der Waals surface area contributed by atoms with Crippen molar-refractivity contribution in [3.05, 3.63) is 0 Å². The first-order chi connectivity index (χ1) is 11.4. The number of amides is 4. The van der Waals surface area contributed by atoms with Crippen LogP contribution in [0.25, 0.3) is 0 Å². The molecule has 2 aliphatic carbocycles. The summed E-state index contributed by atoms with van der Waals surface area (Å²) in [4.78, 5) is 40.4. The van der Waals surface area contributed by atoms with E-state index < -0.39 is 5.54 Å². The quantitative estimate of drug-likeness (QED) is 0.805. The molecule has 0 aromatic carbocycles. The molecule has 4 amide bonds. The molecule has 6 nitrogen and oxygen atoms in total. The van der Waals surface area contributed by atoms with Crippen LogP contribution in [0.1, 0.15) is 64.7 Å². The van der Waals surface area contributed by atoms with E-state index in [1.165, 1.54) is 0 Å². The van der Waals surface area contributed by atoms with Crippen molar-refractivity contribution in [2.45, 2.75) is 76.3 Å². The molecule has 1 N–H and O–H groups in total. The number of carbonyl (C=O) groups excluding carboxylic acids is 3. The molecular formula is C18H29N3O3. The molecule has 6 heteroatoms. The van der Waals surface area contributed by atoms with Crippen molar-refractivity contribution < 1.29 is 14.4 Å². The van der Waals surface area contributed by atoms with Gasteiger partial charge in [-0.3, -0.25) is 14.5 Å². The monoisotopic (exact) mass is 335 g/mol. The Kier molecular flexibility index (Phi) is 4.83. The highest BCUT2D eigenvalue weighted by molar-refractivity contribution is 6.08. The van der Waals surface area contributed by atoms with Gasteiger partial charge in [0.2, 0.25) is 5.91 Å². The van der Waals surface area contributed by atoms with E-state index >= 15 is 0 Å². The fraction of sp³-hybridized carbons (Fsp3) is 0.833. The number of likely N-dealkylation sites (N-methyl/N-ethyl adjacent to an activating group) is 1. The summed E-state index contributed by atoms with van der Waals surface area (Å²) in [5.74, 6) is 0.333. The zero-order valence-electron chi connectivity index (χ0n) is 14.8. The van der Waals surface area contributed by atoms with Crippen LogP contribution in [-0.2, 0) is 9.59 Å². The summed E-state index contributed by atoms with van der Waals surface area (Å²) < 4.78 is 0. The van der Waals surface area contributed by atoms with Gasteiger partial charge in [0.25, 0.3) is 5.91 Å². The number of hydrogen-bond acceptors (Lipinski definition) is 3. The van der Waals surface area contributed by atoms with E-state index in [9.17, 15) is 14.4 Å². The van der Waals surface area contributed by atoms with E-state index in [-0.39, 0.29) is 30.4 Å². The summed E-state index contributed by atoms with van der Waals surface area (Å²) in [5.41, 5.74) is -0.699. The van der Waals surface area contributed by atoms with Crippen LogP contribution >= 0.6 is 0 Å². The molecule has 0 aromatic heterocycles. The summed E-state index contributed by atoms with van der Waals surface area (Å²) in [6.45, 7) is 2.09. The Balaban J connectivity index is 1.61. The van der Waals surface area contributed by atoms with Gasteiger partial charge in [-0.1, -0.05) is 26.2 Å². The molecule has 24 heavy (non-hydrogen) atoms. The van der Waals surface area contributed by atoms with Gasteiger partial charge >= 0.3 is 6.03 Å². The number of nitrogens with one attached hydrogen (secondary N) is 1. The van der Waals surface area contributed by atoms with Crippen molar-refractivity contribution in [1.29, 1.82) is 0 Å².